The van der Waals surface area contributed by atoms with Gasteiger partial charge in [-0.25, -0.2) is 9.37 Å². The van der Waals surface area contributed by atoms with Crippen LogP contribution < -0.4 is 10.3 Å². The van der Waals surface area contributed by atoms with Gasteiger partial charge in [-0.2, -0.15) is 0 Å². The Labute approximate surface area is 125 Å². The van der Waals surface area contributed by atoms with Crippen LogP contribution in [0, 0.1) is 5.82 Å². The Morgan fingerprint density at radius 2 is 1.91 bits per heavy atom. The maximum absolute atomic E-state index is 13.1. The maximum Gasteiger partial charge on any atom is 0.259 e. The van der Waals surface area contributed by atoms with Gasteiger partial charge in [0.25, 0.3) is 5.56 Å². The normalized spacial score (nSPS) is 11.2. The van der Waals surface area contributed by atoms with Gasteiger partial charge in [0, 0.05) is 0 Å². The fourth-order valence-corrected chi connectivity index (χ4v) is 2.10. The van der Waals surface area contributed by atoms with Crippen LogP contribution >= 0.6 is 0 Å². The van der Waals surface area contributed by atoms with E-state index in [2.05, 4.69) is 9.97 Å². The number of fused-ring (bicyclic) bond motifs is 1. The van der Waals surface area contributed by atoms with Crippen molar-refractivity contribution in [2.45, 2.75) is 0 Å². The summed E-state index contributed by atoms with van der Waals surface area (Å²) in [5.41, 5.74) is 1.04. The number of nitrogens with one attached hydrogen (secondary N) is 1. The van der Waals surface area contributed by atoms with E-state index in [1.54, 1.807) is 13.2 Å². The molecule has 5 heteroatoms. The number of halogens is 1. The fourth-order valence-electron chi connectivity index (χ4n) is 2.10. The number of hydrogen-bond donors (Lipinski definition) is 1. The summed E-state index contributed by atoms with van der Waals surface area (Å²) >= 11 is 0. The fraction of sp³-hybridized carbons (Fsp3) is 0.0588. The first-order chi connectivity index (χ1) is 10.7. The highest BCUT2D eigenvalue weighted by Crippen LogP contribution is 2.14. The summed E-state index contributed by atoms with van der Waals surface area (Å²) in [6.07, 6.45) is 3.53. The largest absolute Gasteiger partial charge is 0.497 e. The first-order valence-electron chi connectivity index (χ1n) is 6.67. The summed E-state index contributed by atoms with van der Waals surface area (Å²) in [7, 11) is 1.61. The molecular weight excluding hydrogens is 283 g/mol. The lowest BCUT2D eigenvalue weighted by Crippen LogP contribution is -2.09. The molecule has 1 aromatic heterocycles. The third-order valence-electron chi connectivity index (χ3n) is 3.24. The molecule has 0 saturated heterocycles. The van der Waals surface area contributed by atoms with Crippen LogP contribution in [0.5, 0.6) is 5.75 Å². The van der Waals surface area contributed by atoms with E-state index in [9.17, 15) is 9.18 Å². The number of methoxy groups -OCH3 is 1. The van der Waals surface area contributed by atoms with Crippen LogP contribution in [0.1, 0.15) is 11.4 Å². The van der Waals surface area contributed by atoms with Crippen LogP contribution in [0.4, 0.5) is 4.39 Å². The van der Waals surface area contributed by atoms with Crippen LogP contribution in [0.2, 0.25) is 0 Å². The van der Waals surface area contributed by atoms with E-state index in [4.69, 9.17) is 4.74 Å². The molecule has 0 radical (unpaired) electrons. The molecule has 0 spiro atoms. The molecule has 0 amide bonds. The average molecular weight is 296 g/mol. The summed E-state index contributed by atoms with van der Waals surface area (Å²) in [5.74, 6) is 0.734. The Kier molecular flexibility index (Phi) is 3.70. The minimum Gasteiger partial charge on any atom is -0.497 e. The number of aromatic amines is 1. The van der Waals surface area contributed by atoms with Gasteiger partial charge in [-0.05, 0) is 42.0 Å². The van der Waals surface area contributed by atoms with Gasteiger partial charge in [-0.3, -0.25) is 4.79 Å². The van der Waals surface area contributed by atoms with E-state index in [0.29, 0.717) is 11.3 Å². The first-order valence-corrected chi connectivity index (χ1v) is 6.67. The summed E-state index contributed by atoms with van der Waals surface area (Å²) in [5, 5.41) is 0.238. The zero-order chi connectivity index (χ0) is 15.5. The number of H-pyrrole nitrogens is 1. The molecule has 1 N–H and O–H groups in total. The minimum absolute atomic E-state index is 0.238. The molecule has 3 rings (SSSR count). The number of aromatic nitrogens is 2. The molecule has 0 atom stereocenters. The third-order valence-corrected chi connectivity index (χ3v) is 3.24. The predicted molar refractivity (Wildman–Crippen MR) is 84.2 cm³/mol. The Morgan fingerprint density at radius 3 is 2.64 bits per heavy atom. The summed E-state index contributed by atoms with van der Waals surface area (Å²) in [4.78, 5) is 18.9. The van der Waals surface area contributed by atoms with Gasteiger partial charge in [0.1, 0.15) is 17.4 Å². The molecule has 0 aliphatic heterocycles. The highest BCUT2D eigenvalue weighted by atomic mass is 19.1. The van der Waals surface area contributed by atoms with Crippen LogP contribution in [-0.4, -0.2) is 17.1 Å². The van der Waals surface area contributed by atoms with Crippen molar-refractivity contribution >= 4 is 23.1 Å². The summed E-state index contributed by atoms with van der Waals surface area (Å²) in [6.45, 7) is 0. The van der Waals surface area contributed by atoms with Gasteiger partial charge in [0.2, 0.25) is 0 Å². The molecule has 2 aromatic carbocycles. The van der Waals surface area contributed by atoms with Gasteiger partial charge < -0.3 is 9.72 Å². The smallest absolute Gasteiger partial charge is 0.259 e. The number of hydrogen-bond acceptors (Lipinski definition) is 3. The average Bonchev–Trinajstić information content (AvgIpc) is 2.54. The molecule has 3 aromatic rings. The molecule has 0 unspecified atom stereocenters. The molecule has 110 valence electrons. The van der Waals surface area contributed by atoms with Crippen molar-refractivity contribution in [3.05, 3.63) is 70.0 Å². The summed E-state index contributed by atoms with van der Waals surface area (Å²) in [6, 6.07) is 11.4. The second kappa shape index (κ2) is 5.81. The molecule has 1 heterocycles. The number of nitrogens with zero attached hydrogens (tertiary/aromatic N) is 1. The van der Waals surface area contributed by atoms with E-state index in [1.807, 2.05) is 30.3 Å². The lowest BCUT2D eigenvalue weighted by Gasteiger charge is -2.00. The van der Waals surface area contributed by atoms with Crippen molar-refractivity contribution in [1.29, 1.82) is 0 Å². The predicted octanol–water partition coefficient (Wildman–Crippen LogP) is 3.24. The van der Waals surface area contributed by atoms with Gasteiger partial charge in [-0.15, -0.1) is 0 Å². The minimum atomic E-state index is -0.457. The van der Waals surface area contributed by atoms with Gasteiger partial charge in [0.15, 0.2) is 0 Å². The van der Waals surface area contributed by atoms with Gasteiger partial charge >= 0.3 is 0 Å². The first kappa shape index (κ1) is 14.0. The SMILES string of the molecule is COc1ccc(/C=C/c2nc3ccc(F)cc3c(=O)[nH]2)cc1. The summed E-state index contributed by atoms with van der Waals surface area (Å²) < 4.78 is 18.2. The number of rotatable bonds is 3. The Bertz CT molecular complexity index is 899. The quantitative estimate of drug-likeness (QED) is 0.807. The van der Waals surface area contributed by atoms with Crippen molar-refractivity contribution in [1.82, 2.24) is 9.97 Å². The molecule has 4 nitrogen and oxygen atoms in total. The Balaban J connectivity index is 1.94. The maximum atomic E-state index is 13.1. The highest BCUT2D eigenvalue weighted by Gasteiger charge is 2.03. The number of ether oxygens (including phenoxy) is 1. The molecule has 22 heavy (non-hydrogen) atoms. The Morgan fingerprint density at radius 1 is 1.14 bits per heavy atom. The van der Waals surface area contributed by atoms with E-state index >= 15 is 0 Å². The van der Waals surface area contributed by atoms with E-state index in [-0.39, 0.29) is 10.9 Å². The van der Waals surface area contributed by atoms with E-state index < -0.39 is 5.82 Å². The molecule has 0 fully saturated rings. The second-order valence-electron chi connectivity index (χ2n) is 4.72. The molecule has 0 aliphatic rings. The Hall–Kier alpha value is -2.95. The zero-order valence-electron chi connectivity index (χ0n) is 11.8. The van der Waals surface area contributed by atoms with Crippen LogP contribution in [0.15, 0.2) is 47.3 Å². The monoisotopic (exact) mass is 296 g/mol. The van der Waals surface area contributed by atoms with Crippen molar-refractivity contribution in [3.8, 4) is 5.75 Å². The lowest BCUT2D eigenvalue weighted by molar-refractivity contribution is 0.415. The van der Waals surface area contributed by atoms with Crippen molar-refractivity contribution in [3.63, 3.8) is 0 Å². The standard InChI is InChI=1S/C17H13FN2O2/c1-22-13-6-2-11(3-7-13)4-9-16-19-15-8-5-12(18)10-14(15)17(21)20-16/h2-10H,1H3,(H,19,20,21)/b9-4+. The van der Waals surface area contributed by atoms with Crippen LogP contribution in [0.3, 0.4) is 0 Å². The zero-order valence-corrected chi connectivity index (χ0v) is 11.8. The molecule has 0 bridgehead atoms. The second-order valence-corrected chi connectivity index (χ2v) is 4.72. The molecule has 0 aliphatic carbocycles. The van der Waals surface area contributed by atoms with Crippen LogP contribution in [-0.2, 0) is 0 Å². The molecule has 0 saturated carbocycles. The number of benzene rings is 2. The van der Waals surface area contributed by atoms with Gasteiger partial charge in [-0.1, -0.05) is 18.2 Å². The topological polar surface area (TPSA) is 55.0 Å². The highest BCUT2D eigenvalue weighted by molar-refractivity contribution is 5.79. The van der Waals surface area contributed by atoms with Gasteiger partial charge in [0.05, 0.1) is 18.0 Å². The van der Waals surface area contributed by atoms with Crippen molar-refractivity contribution < 1.29 is 9.13 Å². The van der Waals surface area contributed by atoms with Crippen molar-refractivity contribution in [2.75, 3.05) is 7.11 Å². The van der Waals surface area contributed by atoms with E-state index in [0.717, 1.165) is 11.3 Å². The lowest BCUT2D eigenvalue weighted by atomic mass is 10.2. The third kappa shape index (κ3) is 2.88. The molecular formula is C17H13FN2O2. The van der Waals surface area contributed by atoms with Crippen LogP contribution in [0.25, 0.3) is 23.1 Å². The van der Waals surface area contributed by atoms with Crippen molar-refractivity contribution in [2.24, 2.45) is 0 Å². The van der Waals surface area contributed by atoms with E-state index in [1.165, 1.54) is 18.2 Å².